The first-order valence-corrected chi connectivity index (χ1v) is 4.83. The maximum absolute atomic E-state index is 13.2. The highest BCUT2D eigenvalue weighted by atomic mass is 32.1. The molecule has 72 valence electrons. The summed E-state index contributed by atoms with van der Waals surface area (Å²) in [6.45, 7) is 1.68. The van der Waals surface area contributed by atoms with E-state index in [1.165, 1.54) is 12.1 Å². The largest absolute Gasteiger partial charge is 0.207 e. The van der Waals surface area contributed by atoms with Gasteiger partial charge < -0.3 is 0 Å². The molecule has 1 aromatic rings. The number of halogens is 2. The third-order valence-electron chi connectivity index (χ3n) is 1.87. The van der Waals surface area contributed by atoms with Gasteiger partial charge in [0.2, 0.25) is 0 Å². The Morgan fingerprint density at radius 2 is 1.77 bits per heavy atom. The van der Waals surface area contributed by atoms with E-state index in [0.717, 1.165) is 0 Å². The van der Waals surface area contributed by atoms with Crippen LogP contribution in [0.3, 0.4) is 0 Å². The molecule has 0 unspecified atom stereocenters. The normalized spacial score (nSPS) is 10.5. The summed E-state index contributed by atoms with van der Waals surface area (Å²) in [5.74, 6) is -0.245. The van der Waals surface area contributed by atoms with Crippen molar-refractivity contribution in [2.45, 2.75) is 19.8 Å². The van der Waals surface area contributed by atoms with Gasteiger partial charge in [0.15, 0.2) is 0 Å². The Labute approximate surface area is 82.4 Å². The second kappa shape index (κ2) is 4.61. The first-order chi connectivity index (χ1) is 6.15. The van der Waals surface area contributed by atoms with Crippen LogP contribution >= 0.6 is 12.6 Å². The Morgan fingerprint density at radius 1 is 1.23 bits per heavy atom. The van der Waals surface area contributed by atoms with Crippen LogP contribution in [0, 0.1) is 18.6 Å². The zero-order chi connectivity index (χ0) is 9.84. The van der Waals surface area contributed by atoms with E-state index >= 15 is 0 Å². The molecule has 1 rings (SSSR count). The maximum atomic E-state index is 13.2. The molecule has 0 fully saturated rings. The SMILES string of the molecule is Cc1cc(F)c(CCCS)c(F)c1. The number of aryl methyl sites for hydroxylation is 1. The lowest BCUT2D eigenvalue weighted by Crippen LogP contribution is -1.97. The van der Waals surface area contributed by atoms with Gasteiger partial charge in [-0.3, -0.25) is 0 Å². The van der Waals surface area contributed by atoms with Crippen LogP contribution in [0.25, 0.3) is 0 Å². The van der Waals surface area contributed by atoms with E-state index in [1.54, 1.807) is 6.92 Å². The van der Waals surface area contributed by atoms with Gasteiger partial charge >= 0.3 is 0 Å². The molecule has 0 saturated heterocycles. The van der Waals surface area contributed by atoms with Gasteiger partial charge in [0, 0.05) is 5.56 Å². The van der Waals surface area contributed by atoms with Crippen molar-refractivity contribution in [3.8, 4) is 0 Å². The summed E-state index contributed by atoms with van der Waals surface area (Å²) in [5.41, 5.74) is 0.796. The van der Waals surface area contributed by atoms with Crippen molar-refractivity contribution < 1.29 is 8.78 Å². The lowest BCUT2D eigenvalue weighted by molar-refractivity contribution is 0.552. The van der Waals surface area contributed by atoms with Crippen LogP contribution in [0.2, 0.25) is 0 Å². The minimum absolute atomic E-state index is 0.180. The monoisotopic (exact) mass is 202 g/mol. The fourth-order valence-corrected chi connectivity index (χ4v) is 1.38. The van der Waals surface area contributed by atoms with Crippen molar-refractivity contribution in [2.75, 3.05) is 5.75 Å². The zero-order valence-corrected chi connectivity index (χ0v) is 8.37. The van der Waals surface area contributed by atoms with Crippen molar-refractivity contribution >= 4 is 12.6 Å². The predicted octanol–water partition coefficient (Wildman–Crippen LogP) is 3.14. The van der Waals surface area contributed by atoms with Gasteiger partial charge in [0.25, 0.3) is 0 Å². The molecule has 0 spiro atoms. The first-order valence-electron chi connectivity index (χ1n) is 4.20. The Kier molecular flexibility index (Phi) is 3.72. The fourth-order valence-electron chi connectivity index (χ4n) is 1.22. The van der Waals surface area contributed by atoms with Crippen molar-refractivity contribution in [2.24, 2.45) is 0 Å². The van der Waals surface area contributed by atoms with E-state index in [9.17, 15) is 8.78 Å². The summed E-state index contributed by atoms with van der Waals surface area (Å²) in [6, 6.07) is 2.72. The molecule has 0 atom stereocenters. The van der Waals surface area contributed by atoms with Crippen molar-refractivity contribution in [1.82, 2.24) is 0 Å². The molecular formula is C10H12F2S. The predicted molar refractivity (Wildman–Crippen MR) is 53.3 cm³/mol. The molecule has 0 N–H and O–H groups in total. The highest BCUT2D eigenvalue weighted by Gasteiger charge is 2.08. The minimum atomic E-state index is -0.445. The molecule has 0 radical (unpaired) electrons. The Hall–Kier alpha value is -0.570. The first kappa shape index (κ1) is 10.5. The summed E-state index contributed by atoms with van der Waals surface area (Å²) in [6.07, 6.45) is 1.11. The highest BCUT2D eigenvalue weighted by Crippen LogP contribution is 2.16. The summed E-state index contributed by atoms with van der Waals surface area (Å²) in [5, 5.41) is 0. The van der Waals surface area contributed by atoms with E-state index in [0.29, 0.717) is 24.2 Å². The summed E-state index contributed by atoms with van der Waals surface area (Å²) in [4.78, 5) is 0. The molecule has 3 heteroatoms. The smallest absolute Gasteiger partial charge is 0.129 e. The molecule has 0 nitrogen and oxygen atoms in total. The van der Waals surface area contributed by atoms with Gasteiger partial charge in [-0.15, -0.1) is 0 Å². The molecule has 0 aliphatic rings. The third-order valence-corrected chi connectivity index (χ3v) is 2.19. The number of hydrogen-bond acceptors (Lipinski definition) is 1. The van der Waals surface area contributed by atoms with Crippen LogP contribution in [0.5, 0.6) is 0 Å². The third kappa shape index (κ3) is 2.69. The van der Waals surface area contributed by atoms with E-state index in [-0.39, 0.29) is 5.56 Å². The number of rotatable bonds is 3. The van der Waals surface area contributed by atoms with Gasteiger partial charge in [-0.25, -0.2) is 8.78 Å². The summed E-state index contributed by atoms with van der Waals surface area (Å²) >= 11 is 3.99. The quantitative estimate of drug-likeness (QED) is 0.715. The zero-order valence-electron chi connectivity index (χ0n) is 7.48. The van der Waals surface area contributed by atoms with Crippen molar-refractivity contribution in [1.29, 1.82) is 0 Å². The number of hydrogen-bond donors (Lipinski definition) is 1. The van der Waals surface area contributed by atoms with Crippen LogP contribution in [0.4, 0.5) is 8.78 Å². The van der Waals surface area contributed by atoms with E-state index in [1.807, 2.05) is 0 Å². The van der Waals surface area contributed by atoms with Crippen molar-refractivity contribution in [3.05, 3.63) is 34.9 Å². The lowest BCUT2D eigenvalue weighted by Gasteiger charge is -2.04. The Bertz CT molecular complexity index is 274. The van der Waals surface area contributed by atoms with E-state index in [2.05, 4.69) is 12.6 Å². The Morgan fingerprint density at radius 3 is 2.23 bits per heavy atom. The van der Waals surface area contributed by atoms with Crippen LogP contribution < -0.4 is 0 Å². The Balaban J connectivity index is 2.92. The molecule has 0 saturated carbocycles. The van der Waals surface area contributed by atoms with Crippen molar-refractivity contribution in [3.63, 3.8) is 0 Å². The summed E-state index contributed by atoms with van der Waals surface area (Å²) < 4.78 is 26.3. The van der Waals surface area contributed by atoms with Gasteiger partial charge in [0.1, 0.15) is 11.6 Å². The molecule has 13 heavy (non-hydrogen) atoms. The molecule has 0 aliphatic carbocycles. The average Bonchev–Trinajstić information content (AvgIpc) is 2.02. The van der Waals surface area contributed by atoms with Gasteiger partial charge in [-0.2, -0.15) is 12.6 Å². The van der Waals surface area contributed by atoms with E-state index < -0.39 is 11.6 Å². The minimum Gasteiger partial charge on any atom is -0.207 e. The van der Waals surface area contributed by atoms with Gasteiger partial charge in [0.05, 0.1) is 0 Å². The molecule has 0 amide bonds. The molecule has 0 heterocycles. The molecule has 1 aromatic carbocycles. The second-order valence-corrected chi connectivity index (χ2v) is 3.48. The average molecular weight is 202 g/mol. The maximum Gasteiger partial charge on any atom is 0.129 e. The molecular weight excluding hydrogens is 190 g/mol. The van der Waals surface area contributed by atoms with Crippen LogP contribution in [-0.2, 0) is 6.42 Å². The number of benzene rings is 1. The van der Waals surface area contributed by atoms with Crippen LogP contribution in [0.15, 0.2) is 12.1 Å². The summed E-state index contributed by atoms with van der Waals surface area (Å²) in [7, 11) is 0. The topological polar surface area (TPSA) is 0 Å². The van der Waals surface area contributed by atoms with Gasteiger partial charge in [-0.05, 0) is 43.2 Å². The molecule has 0 aliphatic heterocycles. The van der Waals surface area contributed by atoms with Crippen LogP contribution in [-0.4, -0.2) is 5.75 Å². The fraction of sp³-hybridized carbons (Fsp3) is 0.400. The van der Waals surface area contributed by atoms with E-state index in [4.69, 9.17) is 0 Å². The van der Waals surface area contributed by atoms with Crippen LogP contribution in [0.1, 0.15) is 17.5 Å². The van der Waals surface area contributed by atoms with Gasteiger partial charge in [-0.1, -0.05) is 0 Å². The standard InChI is InChI=1S/C10H12F2S/c1-7-5-9(11)8(3-2-4-13)10(12)6-7/h5-6,13H,2-4H2,1H3. The molecule has 0 bridgehead atoms. The molecule has 0 aromatic heterocycles. The highest BCUT2D eigenvalue weighted by molar-refractivity contribution is 7.80. The number of thiol groups is 1. The lowest BCUT2D eigenvalue weighted by atomic mass is 10.1. The second-order valence-electron chi connectivity index (χ2n) is 3.03.